The fraction of sp³-hybridized carbons (Fsp3) is 0.690. The van der Waals surface area contributed by atoms with Crippen LogP contribution in [0.2, 0.25) is 0 Å². The molecular formula is C29H47N3O4. The van der Waals surface area contributed by atoms with Gasteiger partial charge >= 0.3 is 0 Å². The first-order valence-corrected chi connectivity index (χ1v) is 13.9. The van der Waals surface area contributed by atoms with Crippen LogP contribution >= 0.6 is 0 Å². The molecule has 0 spiro atoms. The van der Waals surface area contributed by atoms with E-state index in [0.717, 1.165) is 51.5 Å². The minimum absolute atomic E-state index is 0.0626. The van der Waals surface area contributed by atoms with Gasteiger partial charge < -0.3 is 20.6 Å². The fourth-order valence-corrected chi connectivity index (χ4v) is 4.84. The van der Waals surface area contributed by atoms with E-state index in [9.17, 15) is 19.5 Å². The Kier molecular flexibility index (Phi) is 13.0. The Balaban J connectivity index is 2.20. The highest BCUT2D eigenvalue weighted by Crippen LogP contribution is 2.21. The van der Waals surface area contributed by atoms with E-state index in [1.807, 2.05) is 18.7 Å². The summed E-state index contributed by atoms with van der Waals surface area (Å²) in [5, 5.41) is 17.1. The SMILES string of the molecule is CCCCNC(=O)C(C)CC(O)[C@@H]1C[C@H](C)CCCCCCN(CC)C(=O)c2cccc(c2)C(=O)N1. The number of unbranched alkanes of at least 4 members (excludes halogenated alkanes) is 1. The molecular weight excluding hydrogens is 454 g/mol. The molecule has 4 atom stereocenters. The van der Waals surface area contributed by atoms with E-state index in [0.29, 0.717) is 36.6 Å². The summed E-state index contributed by atoms with van der Waals surface area (Å²) in [6, 6.07) is 6.34. The van der Waals surface area contributed by atoms with Crippen LogP contribution in [-0.4, -0.2) is 59.5 Å². The van der Waals surface area contributed by atoms with Gasteiger partial charge in [0.05, 0.1) is 12.1 Å². The maximum atomic E-state index is 13.2. The number of aliphatic hydroxyl groups excluding tert-OH is 1. The predicted octanol–water partition coefficient (Wildman–Crippen LogP) is 4.54. The summed E-state index contributed by atoms with van der Waals surface area (Å²) in [6.45, 7) is 10.0. The summed E-state index contributed by atoms with van der Waals surface area (Å²) >= 11 is 0. The molecule has 202 valence electrons. The number of rotatable bonds is 8. The highest BCUT2D eigenvalue weighted by atomic mass is 16.3. The molecule has 1 aliphatic heterocycles. The summed E-state index contributed by atoms with van der Waals surface area (Å²) in [5.74, 6) is -0.470. The number of aliphatic hydroxyl groups is 1. The Morgan fingerprint density at radius 3 is 2.61 bits per heavy atom. The average Bonchev–Trinajstić information content (AvgIpc) is 2.87. The number of benzene rings is 1. The van der Waals surface area contributed by atoms with Gasteiger partial charge in [-0.3, -0.25) is 14.4 Å². The van der Waals surface area contributed by atoms with Gasteiger partial charge in [0.1, 0.15) is 0 Å². The molecule has 0 aromatic heterocycles. The van der Waals surface area contributed by atoms with E-state index in [1.54, 1.807) is 24.3 Å². The standard InChI is InChI=1S/C29H47N3O4/c1-5-7-16-30-27(34)22(4)19-26(33)25-18-21(3)13-10-8-9-11-17-32(6-2)29(36)24-15-12-14-23(20-24)28(35)31-25/h12,14-15,20-22,25-26,33H,5-11,13,16-19H2,1-4H3,(H,30,34)(H,31,35)/t21-,22?,25+,26?/m1/s1. The normalized spacial score (nSPS) is 22.0. The zero-order valence-corrected chi connectivity index (χ0v) is 22.7. The van der Waals surface area contributed by atoms with Crippen molar-refractivity contribution in [3.05, 3.63) is 35.4 Å². The molecule has 2 unspecified atom stereocenters. The van der Waals surface area contributed by atoms with Gasteiger partial charge in [-0.1, -0.05) is 58.9 Å². The van der Waals surface area contributed by atoms with Crippen molar-refractivity contribution in [2.75, 3.05) is 19.6 Å². The molecule has 7 heteroatoms. The van der Waals surface area contributed by atoms with Crippen LogP contribution in [0.5, 0.6) is 0 Å². The number of carbonyl (C=O) groups is 3. The van der Waals surface area contributed by atoms with Crippen molar-refractivity contribution >= 4 is 17.7 Å². The molecule has 7 nitrogen and oxygen atoms in total. The van der Waals surface area contributed by atoms with Crippen molar-refractivity contribution in [2.24, 2.45) is 11.8 Å². The maximum absolute atomic E-state index is 13.2. The van der Waals surface area contributed by atoms with Crippen LogP contribution in [-0.2, 0) is 4.79 Å². The van der Waals surface area contributed by atoms with E-state index in [2.05, 4.69) is 24.5 Å². The van der Waals surface area contributed by atoms with Gasteiger partial charge in [-0.05, 0) is 56.7 Å². The van der Waals surface area contributed by atoms with Gasteiger partial charge in [0.15, 0.2) is 0 Å². The fourth-order valence-electron chi connectivity index (χ4n) is 4.84. The topological polar surface area (TPSA) is 98.7 Å². The maximum Gasteiger partial charge on any atom is 0.253 e. The van der Waals surface area contributed by atoms with Crippen LogP contribution in [0.1, 0.15) is 106 Å². The quantitative estimate of drug-likeness (QED) is 0.456. The summed E-state index contributed by atoms with van der Waals surface area (Å²) in [4.78, 5) is 40.6. The molecule has 0 saturated heterocycles. The summed E-state index contributed by atoms with van der Waals surface area (Å²) in [5.41, 5.74) is 0.902. The van der Waals surface area contributed by atoms with Crippen molar-refractivity contribution in [1.29, 1.82) is 0 Å². The summed E-state index contributed by atoms with van der Waals surface area (Å²) < 4.78 is 0. The van der Waals surface area contributed by atoms with Crippen LogP contribution in [0, 0.1) is 11.8 Å². The van der Waals surface area contributed by atoms with Gasteiger partial charge in [-0.15, -0.1) is 0 Å². The molecule has 36 heavy (non-hydrogen) atoms. The Labute approximate surface area is 217 Å². The van der Waals surface area contributed by atoms with Crippen molar-refractivity contribution < 1.29 is 19.5 Å². The average molecular weight is 502 g/mol. The Morgan fingerprint density at radius 2 is 1.89 bits per heavy atom. The minimum Gasteiger partial charge on any atom is -0.391 e. The third-order valence-electron chi connectivity index (χ3n) is 7.23. The van der Waals surface area contributed by atoms with E-state index >= 15 is 0 Å². The zero-order chi connectivity index (χ0) is 26.5. The van der Waals surface area contributed by atoms with Crippen LogP contribution in [0.3, 0.4) is 0 Å². The number of hydrogen-bond donors (Lipinski definition) is 3. The predicted molar refractivity (Wildman–Crippen MR) is 144 cm³/mol. The van der Waals surface area contributed by atoms with Crippen molar-refractivity contribution in [2.45, 2.75) is 97.6 Å². The minimum atomic E-state index is -0.845. The summed E-state index contributed by atoms with van der Waals surface area (Å²) in [7, 11) is 0. The molecule has 1 aromatic rings. The number of carbonyl (C=O) groups excluding carboxylic acids is 3. The molecule has 0 fully saturated rings. The first-order valence-electron chi connectivity index (χ1n) is 13.9. The Morgan fingerprint density at radius 1 is 1.17 bits per heavy atom. The first-order chi connectivity index (χ1) is 17.3. The lowest BCUT2D eigenvalue weighted by atomic mass is 9.89. The second-order valence-electron chi connectivity index (χ2n) is 10.4. The lowest BCUT2D eigenvalue weighted by Gasteiger charge is -2.29. The molecule has 2 rings (SSSR count). The molecule has 3 N–H and O–H groups in total. The van der Waals surface area contributed by atoms with Gasteiger partial charge in [0.2, 0.25) is 5.91 Å². The Bertz CT molecular complexity index is 844. The summed E-state index contributed by atoms with van der Waals surface area (Å²) in [6.07, 6.45) is 7.23. The molecule has 1 aromatic carbocycles. The lowest BCUT2D eigenvalue weighted by Crippen LogP contribution is -2.46. The largest absolute Gasteiger partial charge is 0.391 e. The smallest absolute Gasteiger partial charge is 0.253 e. The second kappa shape index (κ2) is 15.6. The molecule has 3 amide bonds. The third kappa shape index (κ3) is 9.57. The van der Waals surface area contributed by atoms with Crippen LogP contribution < -0.4 is 10.6 Å². The van der Waals surface area contributed by atoms with E-state index in [1.165, 1.54) is 0 Å². The van der Waals surface area contributed by atoms with Gasteiger partial charge in [-0.2, -0.15) is 0 Å². The Hall–Kier alpha value is -2.41. The van der Waals surface area contributed by atoms with Gasteiger partial charge in [-0.25, -0.2) is 0 Å². The molecule has 1 heterocycles. The van der Waals surface area contributed by atoms with Crippen molar-refractivity contribution in [3.63, 3.8) is 0 Å². The molecule has 0 aliphatic carbocycles. The molecule has 0 radical (unpaired) electrons. The lowest BCUT2D eigenvalue weighted by molar-refractivity contribution is -0.125. The number of amides is 3. The highest BCUT2D eigenvalue weighted by molar-refractivity contribution is 5.99. The number of nitrogens with one attached hydrogen (secondary N) is 2. The van der Waals surface area contributed by atoms with Crippen LogP contribution in [0.15, 0.2) is 24.3 Å². The molecule has 1 aliphatic rings. The number of nitrogens with zero attached hydrogens (tertiary/aromatic N) is 1. The van der Waals surface area contributed by atoms with Crippen molar-refractivity contribution in [1.82, 2.24) is 15.5 Å². The zero-order valence-electron chi connectivity index (χ0n) is 22.7. The molecule has 0 saturated carbocycles. The molecule has 2 bridgehead atoms. The number of fused-ring (bicyclic) bond motifs is 2. The van der Waals surface area contributed by atoms with Gasteiger partial charge in [0.25, 0.3) is 11.8 Å². The highest BCUT2D eigenvalue weighted by Gasteiger charge is 2.28. The van der Waals surface area contributed by atoms with Crippen LogP contribution in [0.25, 0.3) is 0 Å². The first kappa shape index (κ1) is 29.8. The van der Waals surface area contributed by atoms with E-state index < -0.39 is 12.1 Å². The van der Waals surface area contributed by atoms with Crippen molar-refractivity contribution in [3.8, 4) is 0 Å². The number of hydrogen-bond acceptors (Lipinski definition) is 4. The third-order valence-corrected chi connectivity index (χ3v) is 7.23. The van der Waals surface area contributed by atoms with Gasteiger partial charge in [0, 0.05) is 36.7 Å². The monoisotopic (exact) mass is 501 g/mol. The van der Waals surface area contributed by atoms with E-state index in [-0.39, 0.29) is 30.1 Å². The van der Waals surface area contributed by atoms with E-state index in [4.69, 9.17) is 0 Å². The second-order valence-corrected chi connectivity index (χ2v) is 10.4. The van der Waals surface area contributed by atoms with Crippen LogP contribution in [0.4, 0.5) is 0 Å².